The summed E-state index contributed by atoms with van der Waals surface area (Å²) in [7, 11) is -4.49. The van der Waals surface area contributed by atoms with E-state index in [4.69, 9.17) is 28.0 Å². The molecule has 0 fully saturated rings. The van der Waals surface area contributed by atoms with E-state index in [9.17, 15) is 19.1 Å². The van der Waals surface area contributed by atoms with Crippen LogP contribution in [-0.4, -0.2) is 33.9 Å². The van der Waals surface area contributed by atoms with Gasteiger partial charge < -0.3 is 22.1 Å². The smallest absolute Gasteiger partial charge is 0.333 e. The second-order valence-electron chi connectivity index (χ2n) is 6.96. The van der Waals surface area contributed by atoms with E-state index in [1.165, 1.54) is 30.7 Å². The van der Waals surface area contributed by atoms with E-state index < -0.39 is 13.3 Å². The number of hydroxylamine groups is 2. The Kier molecular flexibility index (Phi) is 13.9. The van der Waals surface area contributed by atoms with E-state index in [-0.39, 0.29) is 36.2 Å². The summed E-state index contributed by atoms with van der Waals surface area (Å²) in [6, 6.07) is 14.6. The zero-order valence-electron chi connectivity index (χ0n) is 18.1. The third kappa shape index (κ3) is 9.98. The molecule has 8 N–H and O–H groups in total. The highest BCUT2D eigenvalue weighted by Crippen LogP contribution is 2.54. The number of rotatable bonds is 11. The molecule has 1 unspecified atom stereocenters. The van der Waals surface area contributed by atoms with Crippen LogP contribution in [0.2, 0.25) is 10.0 Å². The van der Waals surface area contributed by atoms with Crippen molar-refractivity contribution in [3.05, 3.63) is 69.7 Å². The Hall–Kier alpha value is -1.48. The Morgan fingerprint density at radius 1 is 1.06 bits per heavy atom. The Balaban J connectivity index is 0.00000480. The van der Waals surface area contributed by atoms with Gasteiger partial charge in [0.2, 0.25) is 5.91 Å². The van der Waals surface area contributed by atoms with Crippen LogP contribution in [0.3, 0.4) is 0 Å². The number of carbonyl (C=O) groups excluding carboxylic acids is 1. The molecule has 0 bridgehead atoms. The lowest BCUT2D eigenvalue weighted by atomic mass is 10.1. The molecule has 0 aliphatic rings. The average molecular weight is 508 g/mol. The molecule has 8 nitrogen and oxygen atoms in total. The van der Waals surface area contributed by atoms with Gasteiger partial charge in [0.15, 0.2) is 0 Å². The first-order chi connectivity index (χ1) is 14.2. The summed E-state index contributed by atoms with van der Waals surface area (Å²) >= 11 is 11.9. The first-order valence-corrected chi connectivity index (χ1v) is 12.1. The van der Waals surface area contributed by atoms with Gasteiger partial charge in [0.25, 0.3) is 0 Å². The lowest BCUT2D eigenvalue weighted by Crippen LogP contribution is -2.31. The minimum atomic E-state index is -4.49. The van der Waals surface area contributed by atoms with E-state index in [1.54, 1.807) is 0 Å². The molecule has 0 saturated carbocycles. The van der Waals surface area contributed by atoms with Gasteiger partial charge in [-0.05, 0) is 48.9 Å². The standard InChI is InChI=1S/C21H26Cl2NO5P.2H3N/c1-16(25)24(29-14-6-5-9-17-7-3-2-4-8-17)13-12-21(30(26,27)28)18-10-11-19(22)20(23)15-18;;/h2-4,7-8,10-11,15,21H,5-6,9,12-14H2,1H3,(H2,26,27,28);2*1H3. The molecule has 1 amide bonds. The first-order valence-electron chi connectivity index (χ1n) is 9.63. The summed E-state index contributed by atoms with van der Waals surface area (Å²) < 4.78 is 12.0. The van der Waals surface area contributed by atoms with Crippen molar-refractivity contribution in [2.75, 3.05) is 13.2 Å². The maximum Gasteiger partial charge on any atom is 0.333 e. The number of unbranched alkanes of at least 4 members (excludes halogenated alkanes) is 1. The molecule has 1 atom stereocenters. The quantitative estimate of drug-likeness (QED) is 0.171. The molecule has 32 heavy (non-hydrogen) atoms. The predicted molar refractivity (Wildman–Crippen MR) is 129 cm³/mol. The number of amides is 1. The van der Waals surface area contributed by atoms with Gasteiger partial charge in [-0.1, -0.05) is 59.6 Å². The van der Waals surface area contributed by atoms with Crippen molar-refractivity contribution in [3.8, 4) is 0 Å². The number of halogens is 2. The molecule has 2 aromatic carbocycles. The van der Waals surface area contributed by atoms with Crippen LogP contribution in [0.1, 0.15) is 43.0 Å². The molecule has 0 spiro atoms. The van der Waals surface area contributed by atoms with Crippen LogP contribution in [-0.2, 0) is 20.6 Å². The molecule has 0 aliphatic heterocycles. The number of nitrogens with zero attached hydrogens (tertiary/aromatic N) is 1. The number of benzene rings is 2. The maximum atomic E-state index is 12.0. The summed E-state index contributed by atoms with van der Waals surface area (Å²) in [5.41, 5.74) is 0.493. The highest BCUT2D eigenvalue weighted by Gasteiger charge is 2.31. The van der Waals surface area contributed by atoms with Gasteiger partial charge in [0, 0.05) is 13.5 Å². The second-order valence-corrected chi connectivity index (χ2v) is 9.58. The molecule has 11 heteroatoms. The lowest BCUT2D eigenvalue weighted by Gasteiger charge is -2.24. The summed E-state index contributed by atoms with van der Waals surface area (Å²) in [5.74, 6) is -0.323. The molecule has 180 valence electrons. The van der Waals surface area contributed by atoms with Crippen LogP contribution in [0.25, 0.3) is 0 Å². The molecule has 0 aliphatic carbocycles. The highest BCUT2D eigenvalue weighted by atomic mass is 35.5. The lowest BCUT2D eigenvalue weighted by molar-refractivity contribution is -0.185. The van der Waals surface area contributed by atoms with Crippen molar-refractivity contribution in [2.45, 2.75) is 38.3 Å². The fourth-order valence-electron chi connectivity index (χ4n) is 3.05. The van der Waals surface area contributed by atoms with E-state index in [0.717, 1.165) is 24.3 Å². The maximum absolute atomic E-state index is 12.0. The molecule has 2 rings (SSSR count). The zero-order chi connectivity index (χ0) is 22.1. The van der Waals surface area contributed by atoms with Gasteiger partial charge in [-0.15, -0.1) is 0 Å². The Bertz CT molecular complexity index is 883. The molecular formula is C21H32Cl2N3O5P. The summed E-state index contributed by atoms with van der Waals surface area (Å²) in [6.45, 7) is 1.75. The number of hydrogen-bond acceptors (Lipinski definition) is 5. The van der Waals surface area contributed by atoms with Gasteiger partial charge in [0.05, 0.1) is 22.3 Å². The Morgan fingerprint density at radius 2 is 1.72 bits per heavy atom. The minimum absolute atomic E-state index is 0. The predicted octanol–water partition coefficient (Wildman–Crippen LogP) is 5.73. The third-order valence-electron chi connectivity index (χ3n) is 4.64. The van der Waals surface area contributed by atoms with Crippen molar-refractivity contribution in [2.24, 2.45) is 0 Å². The van der Waals surface area contributed by atoms with Gasteiger partial charge in [-0.2, -0.15) is 0 Å². The van der Waals surface area contributed by atoms with Crippen LogP contribution in [0.4, 0.5) is 0 Å². The van der Waals surface area contributed by atoms with Gasteiger partial charge in [-0.3, -0.25) is 14.2 Å². The van der Waals surface area contributed by atoms with Crippen molar-refractivity contribution in [1.29, 1.82) is 0 Å². The molecule has 0 aromatic heterocycles. The summed E-state index contributed by atoms with van der Waals surface area (Å²) in [5, 5.41) is 1.67. The van der Waals surface area contributed by atoms with E-state index in [2.05, 4.69) is 12.1 Å². The van der Waals surface area contributed by atoms with Crippen molar-refractivity contribution < 1.29 is 24.0 Å². The fraction of sp³-hybridized carbons (Fsp3) is 0.381. The van der Waals surface area contributed by atoms with Gasteiger partial charge in [0.1, 0.15) is 0 Å². The summed E-state index contributed by atoms with van der Waals surface area (Å²) in [6.07, 6.45) is 2.60. The second kappa shape index (κ2) is 14.6. The Morgan fingerprint density at radius 3 is 2.28 bits per heavy atom. The molecule has 0 saturated heterocycles. The number of carbonyl (C=O) groups is 1. The van der Waals surface area contributed by atoms with Crippen LogP contribution in [0, 0.1) is 0 Å². The molecular weight excluding hydrogens is 476 g/mol. The van der Waals surface area contributed by atoms with Crippen molar-refractivity contribution in [1.82, 2.24) is 17.4 Å². The largest absolute Gasteiger partial charge is 0.344 e. The average Bonchev–Trinajstić information content (AvgIpc) is 2.68. The molecule has 0 heterocycles. The monoisotopic (exact) mass is 507 g/mol. The third-order valence-corrected chi connectivity index (χ3v) is 6.75. The van der Waals surface area contributed by atoms with Crippen LogP contribution < -0.4 is 12.3 Å². The minimum Gasteiger partial charge on any atom is -0.344 e. The van der Waals surface area contributed by atoms with Crippen molar-refractivity contribution in [3.63, 3.8) is 0 Å². The molecule has 2 aromatic rings. The van der Waals surface area contributed by atoms with Crippen LogP contribution >= 0.6 is 30.8 Å². The number of aryl methyl sites for hydroxylation is 1. The molecule has 0 radical (unpaired) electrons. The number of hydrogen-bond donors (Lipinski definition) is 4. The van der Waals surface area contributed by atoms with E-state index in [0.29, 0.717) is 17.2 Å². The summed E-state index contributed by atoms with van der Waals surface area (Å²) in [4.78, 5) is 37.0. The van der Waals surface area contributed by atoms with E-state index >= 15 is 0 Å². The van der Waals surface area contributed by atoms with Gasteiger partial charge in [-0.25, -0.2) is 5.06 Å². The highest BCUT2D eigenvalue weighted by molar-refractivity contribution is 7.52. The normalized spacial score (nSPS) is 11.8. The SMILES string of the molecule is CC(=O)N(CCC(c1ccc(Cl)c(Cl)c1)P(=O)(O)O)OCCCCc1ccccc1.N.N. The zero-order valence-corrected chi connectivity index (χ0v) is 20.5. The van der Waals surface area contributed by atoms with Crippen LogP contribution in [0.5, 0.6) is 0 Å². The topological polar surface area (TPSA) is 157 Å². The first kappa shape index (κ1) is 30.5. The van der Waals surface area contributed by atoms with Crippen molar-refractivity contribution >= 4 is 36.7 Å². The van der Waals surface area contributed by atoms with E-state index in [1.807, 2.05) is 18.2 Å². The fourth-order valence-corrected chi connectivity index (χ4v) is 4.36. The van der Waals surface area contributed by atoms with Gasteiger partial charge >= 0.3 is 7.60 Å². The Labute approximate surface area is 199 Å². The van der Waals surface area contributed by atoms with Crippen LogP contribution in [0.15, 0.2) is 48.5 Å².